The molecule has 0 atom stereocenters. The normalized spacial score (nSPS) is 10.3. The second-order valence-corrected chi connectivity index (χ2v) is 4.22. The maximum Gasteiger partial charge on any atom is 0.155 e. The molecule has 86 valence electrons. The zero-order chi connectivity index (χ0) is 12.4. The number of carbonyl (C=O) groups excluding carboxylic acids is 1. The first-order valence-electron chi connectivity index (χ1n) is 5.17. The van der Waals surface area contributed by atoms with E-state index < -0.39 is 0 Å². The van der Waals surface area contributed by atoms with Crippen LogP contribution < -0.4 is 0 Å². The number of nitrogens with zero attached hydrogens (tertiary/aromatic N) is 2. The lowest BCUT2D eigenvalue weighted by Gasteiger charge is -2.08. The van der Waals surface area contributed by atoms with Gasteiger partial charge in [-0.05, 0) is 19.4 Å². The van der Waals surface area contributed by atoms with Crippen LogP contribution in [0.15, 0.2) is 24.5 Å². The first kappa shape index (κ1) is 11.7. The molecule has 0 aliphatic carbocycles. The van der Waals surface area contributed by atoms with E-state index in [0.717, 1.165) is 11.1 Å². The van der Waals surface area contributed by atoms with Crippen LogP contribution in [0.4, 0.5) is 0 Å². The number of carbonyl (C=O) groups is 1. The van der Waals surface area contributed by atoms with E-state index in [4.69, 9.17) is 11.6 Å². The molecule has 0 radical (unpaired) electrons. The van der Waals surface area contributed by atoms with Crippen LogP contribution in [0.3, 0.4) is 0 Å². The minimum absolute atomic E-state index is 0.185. The van der Waals surface area contributed by atoms with E-state index in [1.807, 2.05) is 32.0 Å². The van der Waals surface area contributed by atoms with Crippen LogP contribution >= 0.6 is 11.6 Å². The molecule has 0 spiro atoms. The summed E-state index contributed by atoms with van der Waals surface area (Å²) >= 11 is 5.88. The van der Waals surface area contributed by atoms with Gasteiger partial charge in [0.2, 0.25) is 0 Å². The molecule has 4 heteroatoms. The van der Waals surface area contributed by atoms with E-state index in [1.165, 1.54) is 11.9 Å². The van der Waals surface area contributed by atoms with Crippen LogP contribution in [0.1, 0.15) is 21.5 Å². The summed E-state index contributed by atoms with van der Waals surface area (Å²) in [5.41, 5.74) is 4.04. The second kappa shape index (κ2) is 4.63. The van der Waals surface area contributed by atoms with Crippen LogP contribution in [0.2, 0.25) is 5.15 Å². The lowest BCUT2D eigenvalue weighted by Crippen LogP contribution is -1.97. The number of aryl methyl sites for hydroxylation is 2. The summed E-state index contributed by atoms with van der Waals surface area (Å²) in [6, 6.07) is 5.96. The van der Waals surface area contributed by atoms with Gasteiger partial charge in [0, 0.05) is 5.56 Å². The van der Waals surface area contributed by atoms with Crippen LogP contribution in [0.5, 0.6) is 0 Å². The fourth-order valence-electron chi connectivity index (χ4n) is 1.77. The first-order chi connectivity index (χ1) is 8.13. The molecule has 1 heterocycles. The first-order valence-corrected chi connectivity index (χ1v) is 5.54. The molecule has 2 aromatic rings. The van der Waals surface area contributed by atoms with Crippen LogP contribution in [0, 0.1) is 13.8 Å². The van der Waals surface area contributed by atoms with E-state index in [1.54, 1.807) is 0 Å². The van der Waals surface area contributed by atoms with Gasteiger partial charge in [0.15, 0.2) is 6.29 Å². The molecule has 0 unspecified atom stereocenters. The summed E-state index contributed by atoms with van der Waals surface area (Å²) in [5.74, 6) is 0. The average Bonchev–Trinajstić information content (AvgIpc) is 2.29. The van der Waals surface area contributed by atoms with Gasteiger partial charge in [-0.2, -0.15) is 0 Å². The van der Waals surface area contributed by atoms with E-state index in [0.29, 0.717) is 17.5 Å². The van der Waals surface area contributed by atoms with Crippen molar-refractivity contribution in [1.29, 1.82) is 0 Å². The fraction of sp³-hybridized carbons (Fsp3) is 0.154. The third-order valence-corrected chi connectivity index (χ3v) is 2.89. The number of halogens is 1. The van der Waals surface area contributed by atoms with Gasteiger partial charge in [-0.1, -0.05) is 35.4 Å². The van der Waals surface area contributed by atoms with Crippen molar-refractivity contribution in [2.75, 3.05) is 0 Å². The van der Waals surface area contributed by atoms with E-state index in [9.17, 15) is 4.79 Å². The topological polar surface area (TPSA) is 42.9 Å². The molecule has 2 rings (SSSR count). The van der Waals surface area contributed by atoms with E-state index in [2.05, 4.69) is 9.97 Å². The van der Waals surface area contributed by atoms with E-state index in [-0.39, 0.29) is 5.15 Å². The standard InChI is InChI=1S/C13H11ClN2O/c1-8-3-4-10(9(2)5-8)12-11(6-17)13(14)16-7-15-12/h3-7H,1-2H3. The van der Waals surface area contributed by atoms with Gasteiger partial charge in [-0.25, -0.2) is 9.97 Å². The molecule has 1 aromatic carbocycles. The molecule has 0 aliphatic heterocycles. The maximum atomic E-state index is 11.0. The highest BCUT2D eigenvalue weighted by atomic mass is 35.5. The lowest BCUT2D eigenvalue weighted by atomic mass is 10.0. The number of aldehydes is 1. The highest BCUT2D eigenvalue weighted by Crippen LogP contribution is 2.27. The molecule has 0 saturated carbocycles. The van der Waals surface area contributed by atoms with Crippen LogP contribution in [0.25, 0.3) is 11.3 Å². The summed E-state index contributed by atoms with van der Waals surface area (Å²) in [6.45, 7) is 4.00. The molecular formula is C13H11ClN2O. The quantitative estimate of drug-likeness (QED) is 0.604. The fourth-order valence-corrected chi connectivity index (χ4v) is 1.95. The summed E-state index contributed by atoms with van der Waals surface area (Å²) in [5, 5.41) is 0.185. The second-order valence-electron chi connectivity index (χ2n) is 3.86. The van der Waals surface area contributed by atoms with Crippen LogP contribution in [-0.2, 0) is 0 Å². The smallest absolute Gasteiger partial charge is 0.155 e. The van der Waals surface area contributed by atoms with Crippen molar-refractivity contribution < 1.29 is 4.79 Å². The molecular weight excluding hydrogens is 236 g/mol. The van der Waals surface area contributed by atoms with Crippen molar-refractivity contribution >= 4 is 17.9 Å². The molecule has 0 bridgehead atoms. The Morgan fingerprint density at radius 2 is 2.00 bits per heavy atom. The summed E-state index contributed by atoms with van der Waals surface area (Å²) in [6.07, 6.45) is 2.06. The Morgan fingerprint density at radius 3 is 2.65 bits per heavy atom. The van der Waals surface area contributed by atoms with Crippen molar-refractivity contribution in [3.8, 4) is 11.3 Å². The predicted octanol–water partition coefficient (Wildman–Crippen LogP) is 3.23. The Bertz CT molecular complexity index is 582. The number of aromatic nitrogens is 2. The maximum absolute atomic E-state index is 11.0. The number of hydrogen-bond donors (Lipinski definition) is 0. The Morgan fingerprint density at radius 1 is 1.24 bits per heavy atom. The third kappa shape index (κ3) is 2.19. The molecule has 0 saturated heterocycles. The van der Waals surface area contributed by atoms with Gasteiger partial charge in [-0.3, -0.25) is 4.79 Å². The van der Waals surface area contributed by atoms with Crippen molar-refractivity contribution in [2.45, 2.75) is 13.8 Å². The van der Waals surface area contributed by atoms with Crippen molar-refractivity contribution in [3.05, 3.63) is 46.4 Å². The molecule has 3 nitrogen and oxygen atoms in total. The minimum Gasteiger partial charge on any atom is -0.298 e. The molecule has 0 fully saturated rings. The van der Waals surface area contributed by atoms with Crippen molar-refractivity contribution in [2.24, 2.45) is 0 Å². The number of hydrogen-bond acceptors (Lipinski definition) is 3. The zero-order valence-electron chi connectivity index (χ0n) is 9.57. The van der Waals surface area contributed by atoms with Gasteiger partial charge in [0.25, 0.3) is 0 Å². The van der Waals surface area contributed by atoms with Crippen LogP contribution in [-0.4, -0.2) is 16.3 Å². The number of rotatable bonds is 2. The molecule has 1 aromatic heterocycles. The average molecular weight is 247 g/mol. The van der Waals surface area contributed by atoms with Gasteiger partial charge in [0.1, 0.15) is 11.5 Å². The highest BCUT2D eigenvalue weighted by Gasteiger charge is 2.12. The van der Waals surface area contributed by atoms with Crippen molar-refractivity contribution in [1.82, 2.24) is 9.97 Å². The molecule has 0 N–H and O–H groups in total. The lowest BCUT2D eigenvalue weighted by molar-refractivity contribution is 0.112. The Labute approximate surface area is 104 Å². The Balaban J connectivity index is 2.68. The largest absolute Gasteiger partial charge is 0.298 e. The third-order valence-electron chi connectivity index (χ3n) is 2.59. The monoisotopic (exact) mass is 246 g/mol. The summed E-state index contributed by atoms with van der Waals surface area (Å²) < 4.78 is 0. The Kier molecular flexibility index (Phi) is 3.20. The zero-order valence-corrected chi connectivity index (χ0v) is 10.3. The van der Waals surface area contributed by atoms with Gasteiger partial charge in [0.05, 0.1) is 11.3 Å². The summed E-state index contributed by atoms with van der Waals surface area (Å²) in [7, 11) is 0. The highest BCUT2D eigenvalue weighted by molar-refractivity contribution is 6.32. The molecule has 0 aliphatic rings. The summed E-state index contributed by atoms with van der Waals surface area (Å²) in [4.78, 5) is 19.0. The molecule has 0 amide bonds. The van der Waals surface area contributed by atoms with Gasteiger partial charge in [-0.15, -0.1) is 0 Å². The van der Waals surface area contributed by atoms with E-state index >= 15 is 0 Å². The molecule has 17 heavy (non-hydrogen) atoms. The van der Waals surface area contributed by atoms with Crippen molar-refractivity contribution in [3.63, 3.8) is 0 Å². The minimum atomic E-state index is 0.185. The predicted molar refractivity (Wildman–Crippen MR) is 67.3 cm³/mol. The van der Waals surface area contributed by atoms with Gasteiger partial charge < -0.3 is 0 Å². The SMILES string of the molecule is Cc1ccc(-c2ncnc(Cl)c2C=O)c(C)c1. The van der Waals surface area contributed by atoms with Gasteiger partial charge >= 0.3 is 0 Å². The number of benzene rings is 1. The Hall–Kier alpha value is -1.74.